The molecule has 0 unspecified atom stereocenters. The highest BCUT2D eigenvalue weighted by atomic mass is 35.5. The van der Waals surface area contributed by atoms with Crippen molar-refractivity contribution >= 4 is 29.1 Å². The van der Waals surface area contributed by atoms with Crippen molar-refractivity contribution in [2.75, 3.05) is 38.2 Å². The first kappa shape index (κ1) is 18.2. The van der Waals surface area contributed by atoms with Gasteiger partial charge in [-0.05, 0) is 30.3 Å². The lowest BCUT2D eigenvalue weighted by Gasteiger charge is -2.26. The van der Waals surface area contributed by atoms with Gasteiger partial charge in [0.15, 0.2) is 6.61 Å². The molecule has 1 fully saturated rings. The third kappa shape index (κ3) is 4.97. The van der Waals surface area contributed by atoms with E-state index in [9.17, 15) is 9.59 Å². The van der Waals surface area contributed by atoms with E-state index in [0.29, 0.717) is 48.3 Å². The first-order valence-electron chi connectivity index (χ1n) is 8.27. The second-order valence-electron chi connectivity index (χ2n) is 5.77. The Morgan fingerprint density at radius 1 is 1.12 bits per heavy atom. The molecule has 1 heterocycles. The fourth-order valence-electron chi connectivity index (χ4n) is 2.55. The number of ether oxygens (including phenoxy) is 2. The molecule has 0 aliphatic carbocycles. The van der Waals surface area contributed by atoms with E-state index in [2.05, 4.69) is 5.32 Å². The Kier molecular flexibility index (Phi) is 6.09. The molecule has 2 amide bonds. The molecule has 2 aromatic rings. The second kappa shape index (κ2) is 8.69. The third-order valence-electron chi connectivity index (χ3n) is 3.90. The first-order chi connectivity index (χ1) is 12.6. The van der Waals surface area contributed by atoms with E-state index < -0.39 is 0 Å². The fourth-order valence-corrected chi connectivity index (χ4v) is 2.74. The normalized spacial score (nSPS) is 14.0. The number of benzene rings is 2. The number of amides is 2. The first-order valence-corrected chi connectivity index (χ1v) is 8.65. The van der Waals surface area contributed by atoms with E-state index in [0.717, 1.165) is 0 Å². The zero-order valence-corrected chi connectivity index (χ0v) is 14.9. The van der Waals surface area contributed by atoms with Gasteiger partial charge in [0.1, 0.15) is 5.75 Å². The second-order valence-corrected chi connectivity index (χ2v) is 6.21. The van der Waals surface area contributed by atoms with Gasteiger partial charge >= 0.3 is 0 Å². The van der Waals surface area contributed by atoms with Gasteiger partial charge in [-0.2, -0.15) is 0 Å². The topological polar surface area (TPSA) is 67.9 Å². The number of anilines is 1. The fraction of sp³-hybridized carbons (Fsp3) is 0.263. The minimum atomic E-state index is -0.269. The molecule has 0 spiro atoms. The summed E-state index contributed by atoms with van der Waals surface area (Å²) in [7, 11) is 0. The lowest BCUT2D eigenvalue weighted by Crippen LogP contribution is -2.42. The summed E-state index contributed by atoms with van der Waals surface area (Å²) < 4.78 is 10.8. The number of rotatable bonds is 5. The van der Waals surface area contributed by atoms with Crippen molar-refractivity contribution in [1.82, 2.24) is 4.90 Å². The largest absolute Gasteiger partial charge is 0.484 e. The van der Waals surface area contributed by atoms with Crippen molar-refractivity contribution in [3.63, 3.8) is 0 Å². The molecule has 3 rings (SSSR count). The van der Waals surface area contributed by atoms with Crippen molar-refractivity contribution in [3.8, 4) is 5.75 Å². The predicted molar refractivity (Wildman–Crippen MR) is 98.7 cm³/mol. The van der Waals surface area contributed by atoms with E-state index in [1.165, 1.54) is 0 Å². The summed E-state index contributed by atoms with van der Waals surface area (Å²) in [6.45, 7) is 2.22. The van der Waals surface area contributed by atoms with E-state index in [1.807, 2.05) is 0 Å². The maximum Gasteiger partial charge on any atom is 0.260 e. The van der Waals surface area contributed by atoms with Crippen LogP contribution in [-0.4, -0.2) is 49.6 Å². The van der Waals surface area contributed by atoms with Gasteiger partial charge in [-0.25, -0.2) is 0 Å². The van der Waals surface area contributed by atoms with E-state index in [1.54, 1.807) is 53.4 Å². The molecule has 0 saturated carbocycles. The van der Waals surface area contributed by atoms with Gasteiger partial charge in [-0.15, -0.1) is 0 Å². The van der Waals surface area contributed by atoms with Crippen molar-refractivity contribution in [2.45, 2.75) is 0 Å². The average Bonchev–Trinajstić information content (AvgIpc) is 2.67. The summed E-state index contributed by atoms with van der Waals surface area (Å²) in [6.07, 6.45) is 0. The smallest absolute Gasteiger partial charge is 0.260 e. The Morgan fingerprint density at radius 2 is 1.88 bits per heavy atom. The molecule has 6 nitrogen and oxygen atoms in total. The van der Waals surface area contributed by atoms with Gasteiger partial charge < -0.3 is 19.7 Å². The summed E-state index contributed by atoms with van der Waals surface area (Å²) >= 11 is 5.91. The van der Waals surface area contributed by atoms with Gasteiger partial charge in [-0.1, -0.05) is 23.7 Å². The molecule has 0 aromatic heterocycles. The molecule has 0 bridgehead atoms. The molecule has 0 radical (unpaired) electrons. The molecule has 7 heteroatoms. The van der Waals surface area contributed by atoms with Crippen LogP contribution in [0.2, 0.25) is 5.02 Å². The Morgan fingerprint density at radius 3 is 2.65 bits per heavy atom. The molecule has 1 aliphatic rings. The van der Waals surface area contributed by atoms with Gasteiger partial charge in [0, 0.05) is 35.4 Å². The summed E-state index contributed by atoms with van der Waals surface area (Å²) in [5.41, 5.74) is 1.04. The molecule has 2 aromatic carbocycles. The van der Waals surface area contributed by atoms with Crippen LogP contribution < -0.4 is 10.1 Å². The van der Waals surface area contributed by atoms with Crippen molar-refractivity contribution in [3.05, 3.63) is 59.1 Å². The number of nitrogens with zero attached hydrogens (tertiary/aromatic N) is 1. The highest BCUT2D eigenvalue weighted by Gasteiger charge is 2.17. The SMILES string of the molecule is O=C(Nc1cccc(OCC(=O)N2CCOCC2)c1)c1cccc(Cl)c1. The maximum atomic E-state index is 12.3. The molecular weight excluding hydrogens is 356 g/mol. The van der Waals surface area contributed by atoms with Crippen LogP contribution in [0.25, 0.3) is 0 Å². The minimum absolute atomic E-state index is 0.0499. The number of hydrogen-bond donors (Lipinski definition) is 1. The molecule has 136 valence electrons. The highest BCUT2D eigenvalue weighted by Crippen LogP contribution is 2.19. The lowest BCUT2D eigenvalue weighted by molar-refractivity contribution is -0.137. The van der Waals surface area contributed by atoms with Crippen molar-refractivity contribution < 1.29 is 19.1 Å². The third-order valence-corrected chi connectivity index (χ3v) is 4.14. The van der Waals surface area contributed by atoms with Crippen LogP contribution in [0.1, 0.15) is 10.4 Å². The Bertz CT molecular complexity index is 791. The maximum absolute atomic E-state index is 12.3. The Hall–Kier alpha value is -2.57. The number of hydrogen-bond acceptors (Lipinski definition) is 4. The monoisotopic (exact) mass is 374 g/mol. The molecular formula is C19H19ClN2O4. The Balaban J connectivity index is 1.57. The number of halogens is 1. The lowest BCUT2D eigenvalue weighted by atomic mass is 10.2. The zero-order chi connectivity index (χ0) is 18.4. The summed E-state index contributed by atoms with van der Waals surface area (Å²) in [5, 5.41) is 3.28. The predicted octanol–water partition coefficient (Wildman–Crippen LogP) is 2.83. The molecule has 1 N–H and O–H groups in total. The number of morpholine rings is 1. The van der Waals surface area contributed by atoms with Crippen LogP contribution in [0, 0.1) is 0 Å². The summed E-state index contributed by atoms with van der Waals surface area (Å²) in [4.78, 5) is 26.1. The number of nitrogens with one attached hydrogen (secondary N) is 1. The van der Waals surface area contributed by atoms with Crippen LogP contribution in [0.15, 0.2) is 48.5 Å². The average molecular weight is 375 g/mol. The van der Waals surface area contributed by atoms with Crippen molar-refractivity contribution in [2.24, 2.45) is 0 Å². The van der Waals surface area contributed by atoms with Gasteiger partial charge in [-0.3, -0.25) is 9.59 Å². The highest BCUT2D eigenvalue weighted by molar-refractivity contribution is 6.31. The number of carbonyl (C=O) groups excluding carboxylic acids is 2. The molecule has 1 aliphatic heterocycles. The van der Waals surface area contributed by atoms with E-state index in [4.69, 9.17) is 21.1 Å². The van der Waals surface area contributed by atoms with Crippen LogP contribution in [-0.2, 0) is 9.53 Å². The Labute approximate surface area is 156 Å². The van der Waals surface area contributed by atoms with E-state index >= 15 is 0 Å². The molecule has 0 atom stereocenters. The van der Waals surface area contributed by atoms with Crippen LogP contribution in [0.5, 0.6) is 5.75 Å². The van der Waals surface area contributed by atoms with E-state index in [-0.39, 0.29) is 18.4 Å². The molecule has 26 heavy (non-hydrogen) atoms. The summed E-state index contributed by atoms with van der Waals surface area (Å²) in [6, 6.07) is 13.6. The standard InChI is InChI=1S/C19H19ClN2O4/c20-15-4-1-3-14(11-15)19(24)21-16-5-2-6-17(12-16)26-13-18(23)22-7-9-25-10-8-22/h1-6,11-12H,7-10,13H2,(H,21,24). The van der Waals surface area contributed by atoms with Crippen LogP contribution in [0.4, 0.5) is 5.69 Å². The quantitative estimate of drug-likeness (QED) is 0.873. The van der Waals surface area contributed by atoms with Gasteiger partial charge in [0.25, 0.3) is 11.8 Å². The van der Waals surface area contributed by atoms with Crippen LogP contribution in [0.3, 0.4) is 0 Å². The molecule has 1 saturated heterocycles. The zero-order valence-electron chi connectivity index (χ0n) is 14.1. The summed E-state index contributed by atoms with van der Waals surface area (Å²) in [5.74, 6) is 0.159. The van der Waals surface area contributed by atoms with Crippen molar-refractivity contribution in [1.29, 1.82) is 0 Å². The number of carbonyl (C=O) groups is 2. The minimum Gasteiger partial charge on any atom is -0.484 e. The van der Waals surface area contributed by atoms with Gasteiger partial charge in [0.05, 0.1) is 13.2 Å². The van der Waals surface area contributed by atoms with Gasteiger partial charge in [0.2, 0.25) is 0 Å². The van der Waals surface area contributed by atoms with Crippen LogP contribution >= 0.6 is 11.6 Å².